The van der Waals surface area contributed by atoms with Gasteiger partial charge in [0.2, 0.25) is 0 Å². The Morgan fingerprint density at radius 2 is 2.25 bits per heavy atom. The average molecular weight is 219 g/mol. The minimum absolute atomic E-state index is 0.0119. The van der Waals surface area contributed by atoms with Crippen LogP contribution in [0.5, 0.6) is 0 Å². The van der Waals surface area contributed by atoms with E-state index in [2.05, 4.69) is 15.3 Å². The molecule has 1 aromatic heterocycles. The summed E-state index contributed by atoms with van der Waals surface area (Å²) in [5, 5.41) is 3.34. The molecule has 2 fully saturated rings. The van der Waals surface area contributed by atoms with E-state index in [0.717, 1.165) is 31.0 Å². The minimum Gasteiger partial charge on any atom is -0.316 e. The summed E-state index contributed by atoms with van der Waals surface area (Å²) in [7, 11) is 0. The fourth-order valence-corrected chi connectivity index (χ4v) is 2.37. The first-order chi connectivity index (χ1) is 7.81. The summed E-state index contributed by atoms with van der Waals surface area (Å²) >= 11 is 0. The van der Waals surface area contributed by atoms with E-state index in [1.807, 2.05) is 0 Å². The predicted molar refractivity (Wildman–Crippen MR) is 61.5 cm³/mol. The van der Waals surface area contributed by atoms with Gasteiger partial charge in [0, 0.05) is 17.7 Å². The molecule has 1 aliphatic carbocycles. The average Bonchev–Trinajstić information content (AvgIpc) is 2.98. The van der Waals surface area contributed by atoms with Gasteiger partial charge in [-0.3, -0.25) is 4.79 Å². The molecule has 0 spiro atoms. The standard InChI is InChI=1S/C12H17N3O/c16-11-6-10(5-8-3-4-13-7-8)14-12(15-11)9-1-2-9/h6,8-9,13H,1-5,7H2,(H,14,15,16). The fourth-order valence-electron chi connectivity index (χ4n) is 2.37. The second kappa shape index (κ2) is 4.01. The van der Waals surface area contributed by atoms with Gasteiger partial charge >= 0.3 is 0 Å². The summed E-state index contributed by atoms with van der Waals surface area (Å²) in [5.41, 5.74) is 0.984. The van der Waals surface area contributed by atoms with E-state index in [0.29, 0.717) is 11.8 Å². The topological polar surface area (TPSA) is 57.8 Å². The van der Waals surface area contributed by atoms with Crippen LogP contribution in [0.2, 0.25) is 0 Å². The second-order valence-corrected chi connectivity index (χ2v) is 4.96. The van der Waals surface area contributed by atoms with Crippen molar-refractivity contribution in [1.82, 2.24) is 15.3 Å². The lowest BCUT2D eigenvalue weighted by Crippen LogP contribution is -2.16. The molecule has 1 aliphatic heterocycles. The van der Waals surface area contributed by atoms with Gasteiger partial charge in [0.05, 0.1) is 0 Å². The third-order valence-electron chi connectivity index (χ3n) is 3.44. The van der Waals surface area contributed by atoms with Crippen molar-refractivity contribution < 1.29 is 0 Å². The summed E-state index contributed by atoms with van der Waals surface area (Å²) < 4.78 is 0. The third-order valence-corrected chi connectivity index (χ3v) is 3.44. The second-order valence-electron chi connectivity index (χ2n) is 4.96. The monoisotopic (exact) mass is 219 g/mol. The normalized spacial score (nSPS) is 24.9. The summed E-state index contributed by atoms with van der Waals surface area (Å²) in [6, 6.07) is 1.66. The fraction of sp³-hybridized carbons (Fsp3) is 0.667. The van der Waals surface area contributed by atoms with Crippen LogP contribution in [0.4, 0.5) is 0 Å². The van der Waals surface area contributed by atoms with E-state index < -0.39 is 0 Å². The van der Waals surface area contributed by atoms with Crippen LogP contribution in [-0.2, 0) is 6.42 Å². The lowest BCUT2D eigenvalue weighted by Gasteiger charge is -2.08. The smallest absolute Gasteiger partial charge is 0.251 e. The largest absolute Gasteiger partial charge is 0.316 e. The molecule has 1 saturated carbocycles. The summed E-state index contributed by atoms with van der Waals surface area (Å²) in [6.45, 7) is 2.16. The Hall–Kier alpha value is -1.16. The van der Waals surface area contributed by atoms with Gasteiger partial charge in [-0.2, -0.15) is 0 Å². The quantitative estimate of drug-likeness (QED) is 0.790. The highest BCUT2D eigenvalue weighted by Crippen LogP contribution is 2.37. The highest BCUT2D eigenvalue weighted by molar-refractivity contribution is 5.11. The van der Waals surface area contributed by atoms with Crippen molar-refractivity contribution >= 4 is 0 Å². The molecule has 0 aromatic carbocycles. The number of rotatable bonds is 3. The first-order valence-corrected chi connectivity index (χ1v) is 6.12. The number of hydrogen-bond donors (Lipinski definition) is 2. The molecular formula is C12H17N3O. The zero-order valence-corrected chi connectivity index (χ0v) is 9.33. The molecule has 1 aromatic rings. The Morgan fingerprint density at radius 3 is 2.94 bits per heavy atom. The van der Waals surface area contributed by atoms with Crippen molar-refractivity contribution in [1.29, 1.82) is 0 Å². The number of aromatic nitrogens is 2. The molecule has 1 atom stereocenters. The molecule has 2 aliphatic rings. The summed E-state index contributed by atoms with van der Waals surface area (Å²) in [5.74, 6) is 2.09. The molecular weight excluding hydrogens is 202 g/mol. The first kappa shape index (κ1) is 10.0. The molecule has 16 heavy (non-hydrogen) atoms. The third kappa shape index (κ3) is 2.16. The molecule has 2 heterocycles. The van der Waals surface area contributed by atoms with E-state index in [1.165, 1.54) is 19.3 Å². The predicted octanol–water partition coefficient (Wildman–Crippen LogP) is 0.799. The molecule has 1 unspecified atom stereocenters. The SMILES string of the molecule is O=c1cc(CC2CCNC2)nc(C2CC2)[nH]1. The first-order valence-electron chi connectivity index (χ1n) is 6.12. The van der Waals surface area contributed by atoms with Crippen LogP contribution < -0.4 is 10.9 Å². The molecule has 86 valence electrons. The summed E-state index contributed by atoms with van der Waals surface area (Å²) in [4.78, 5) is 18.9. The maximum absolute atomic E-state index is 11.5. The number of H-pyrrole nitrogens is 1. The van der Waals surface area contributed by atoms with Crippen LogP contribution in [0.1, 0.15) is 36.7 Å². The molecule has 4 heteroatoms. The zero-order valence-electron chi connectivity index (χ0n) is 9.33. The van der Waals surface area contributed by atoms with E-state index in [-0.39, 0.29) is 5.56 Å². The Balaban J connectivity index is 1.79. The van der Waals surface area contributed by atoms with Crippen LogP contribution in [0.3, 0.4) is 0 Å². The molecule has 0 amide bonds. The minimum atomic E-state index is 0.0119. The van der Waals surface area contributed by atoms with Crippen molar-refractivity contribution in [2.24, 2.45) is 5.92 Å². The summed E-state index contributed by atoms with van der Waals surface area (Å²) in [6.07, 6.45) is 4.50. The van der Waals surface area contributed by atoms with Crippen molar-refractivity contribution in [3.63, 3.8) is 0 Å². The van der Waals surface area contributed by atoms with Gasteiger partial charge < -0.3 is 10.3 Å². The number of aromatic amines is 1. The van der Waals surface area contributed by atoms with Crippen LogP contribution in [0.15, 0.2) is 10.9 Å². The van der Waals surface area contributed by atoms with Gasteiger partial charge in [-0.15, -0.1) is 0 Å². The highest BCUT2D eigenvalue weighted by atomic mass is 16.1. The molecule has 0 radical (unpaired) electrons. The van der Waals surface area contributed by atoms with Crippen LogP contribution in [-0.4, -0.2) is 23.1 Å². The van der Waals surface area contributed by atoms with Crippen LogP contribution in [0, 0.1) is 5.92 Å². The Morgan fingerprint density at radius 1 is 1.38 bits per heavy atom. The van der Waals surface area contributed by atoms with E-state index in [9.17, 15) is 4.79 Å². The van der Waals surface area contributed by atoms with Crippen molar-refractivity contribution in [2.75, 3.05) is 13.1 Å². The van der Waals surface area contributed by atoms with E-state index in [1.54, 1.807) is 6.07 Å². The Kier molecular flexibility index (Phi) is 2.52. The van der Waals surface area contributed by atoms with Gasteiger partial charge in [0.15, 0.2) is 0 Å². The molecule has 4 nitrogen and oxygen atoms in total. The van der Waals surface area contributed by atoms with Crippen molar-refractivity contribution in [2.45, 2.75) is 31.6 Å². The van der Waals surface area contributed by atoms with Gasteiger partial charge in [0.1, 0.15) is 5.82 Å². The Bertz CT molecular complexity index is 430. The molecule has 3 rings (SSSR count). The maximum atomic E-state index is 11.5. The number of nitrogens with zero attached hydrogens (tertiary/aromatic N) is 1. The van der Waals surface area contributed by atoms with E-state index >= 15 is 0 Å². The van der Waals surface area contributed by atoms with E-state index in [4.69, 9.17) is 0 Å². The highest BCUT2D eigenvalue weighted by Gasteiger charge is 2.26. The lowest BCUT2D eigenvalue weighted by molar-refractivity contribution is 0.568. The van der Waals surface area contributed by atoms with Gasteiger partial charge in [-0.25, -0.2) is 4.98 Å². The number of hydrogen-bond acceptors (Lipinski definition) is 3. The Labute approximate surface area is 94.5 Å². The van der Waals surface area contributed by atoms with Crippen LogP contribution >= 0.6 is 0 Å². The molecule has 1 saturated heterocycles. The zero-order chi connectivity index (χ0) is 11.0. The van der Waals surface area contributed by atoms with Gasteiger partial charge in [-0.1, -0.05) is 0 Å². The molecule has 0 bridgehead atoms. The van der Waals surface area contributed by atoms with Gasteiger partial charge in [0.25, 0.3) is 5.56 Å². The van der Waals surface area contributed by atoms with Gasteiger partial charge in [-0.05, 0) is 44.7 Å². The van der Waals surface area contributed by atoms with Crippen molar-refractivity contribution in [3.8, 4) is 0 Å². The van der Waals surface area contributed by atoms with Crippen molar-refractivity contribution in [3.05, 3.63) is 27.9 Å². The lowest BCUT2D eigenvalue weighted by atomic mass is 10.0. The number of nitrogens with one attached hydrogen (secondary N) is 2. The van der Waals surface area contributed by atoms with Crippen LogP contribution in [0.25, 0.3) is 0 Å². The maximum Gasteiger partial charge on any atom is 0.251 e. The molecule has 2 N–H and O–H groups in total.